The van der Waals surface area contributed by atoms with E-state index in [1.807, 2.05) is 0 Å². The van der Waals surface area contributed by atoms with Crippen LogP contribution in [-0.4, -0.2) is 6.26 Å². The summed E-state index contributed by atoms with van der Waals surface area (Å²) >= 11 is 1.78. The van der Waals surface area contributed by atoms with Crippen molar-refractivity contribution >= 4 is 17.4 Å². The molecule has 0 radical (unpaired) electrons. The molecule has 0 spiro atoms. The number of thioether (sulfide) groups is 1. The van der Waals surface area contributed by atoms with E-state index >= 15 is 0 Å². The molecule has 0 aliphatic heterocycles. The third-order valence-corrected chi connectivity index (χ3v) is 4.40. The largest absolute Gasteiger partial charge is 0.378 e. The molecular weight excluding hydrogens is 274 g/mol. The molecule has 2 rings (SSSR count). The molecule has 2 aromatic rings. The molecule has 0 saturated carbocycles. The number of hydrogen-bond acceptors (Lipinski definition) is 2. The van der Waals surface area contributed by atoms with Crippen LogP contribution in [0.5, 0.6) is 0 Å². The monoisotopic (exact) mass is 299 g/mol. The summed E-state index contributed by atoms with van der Waals surface area (Å²) in [6, 6.07) is 17.8. The fourth-order valence-electron chi connectivity index (χ4n) is 2.49. The molecule has 2 aromatic carbocycles. The van der Waals surface area contributed by atoms with E-state index in [9.17, 15) is 0 Å². The van der Waals surface area contributed by atoms with Crippen LogP contribution < -0.4 is 5.32 Å². The molecule has 0 fully saturated rings. The Hall–Kier alpha value is -1.41. The third-order valence-electron chi connectivity index (χ3n) is 3.60. The average Bonchev–Trinajstić information content (AvgIpc) is 2.48. The zero-order valence-electron chi connectivity index (χ0n) is 13.4. The fraction of sp³-hybridized carbons (Fsp3) is 0.368. The first-order valence-electron chi connectivity index (χ1n) is 7.58. The van der Waals surface area contributed by atoms with E-state index in [1.54, 1.807) is 11.8 Å². The number of nitrogens with one attached hydrogen (secondary N) is 1. The Bertz CT molecular complexity index is 560. The van der Waals surface area contributed by atoms with Gasteiger partial charge in [-0.25, -0.2) is 0 Å². The Morgan fingerprint density at radius 2 is 1.62 bits per heavy atom. The molecule has 1 N–H and O–H groups in total. The Morgan fingerprint density at radius 1 is 0.952 bits per heavy atom. The number of rotatable bonds is 6. The maximum atomic E-state index is 3.62. The van der Waals surface area contributed by atoms with Crippen molar-refractivity contribution in [1.82, 2.24) is 0 Å². The predicted octanol–water partition coefficient (Wildman–Crippen LogP) is 5.78. The van der Waals surface area contributed by atoms with Gasteiger partial charge < -0.3 is 5.32 Å². The van der Waals surface area contributed by atoms with E-state index in [-0.39, 0.29) is 0 Å². The van der Waals surface area contributed by atoms with E-state index in [0.717, 1.165) is 6.42 Å². The number of benzene rings is 2. The topological polar surface area (TPSA) is 12.0 Å². The van der Waals surface area contributed by atoms with Gasteiger partial charge in [0.2, 0.25) is 0 Å². The summed E-state index contributed by atoms with van der Waals surface area (Å²) in [7, 11) is 0. The van der Waals surface area contributed by atoms with E-state index < -0.39 is 0 Å². The summed E-state index contributed by atoms with van der Waals surface area (Å²) in [5.41, 5.74) is 3.97. The van der Waals surface area contributed by atoms with Gasteiger partial charge >= 0.3 is 0 Å². The molecule has 1 unspecified atom stereocenters. The highest BCUT2D eigenvalue weighted by Gasteiger charge is 2.08. The normalized spacial score (nSPS) is 12.4. The lowest BCUT2D eigenvalue weighted by Crippen LogP contribution is -2.07. The number of anilines is 1. The minimum Gasteiger partial charge on any atom is -0.378 e. The van der Waals surface area contributed by atoms with Gasteiger partial charge in [-0.1, -0.05) is 50.2 Å². The maximum absolute atomic E-state index is 3.62. The van der Waals surface area contributed by atoms with Gasteiger partial charge in [0.25, 0.3) is 0 Å². The van der Waals surface area contributed by atoms with Crippen molar-refractivity contribution in [3.05, 3.63) is 59.7 Å². The summed E-state index contributed by atoms with van der Waals surface area (Å²) in [5.74, 6) is 0.708. The van der Waals surface area contributed by atoms with Crippen molar-refractivity contribution in [2.75, 3.05) is 11.6 Å². The SMILES string of the molecule is CSc1ccccc1NC(C)c1ccc(CC(C)C)cc1. The molecule has 1 atom stereocenters. The second-order valence-electron chi connectivity index (χ2n) is 5.91. The van der Waals surface area contributed by atoms with Crippen molar-refractivity contribution in [1.29, 1.82) is 0 Å². The van der Waals surface area contributed by atoms with Crippen LogP contribution in [0.4, 0.5) is 5.69 Å². The van der Waals surface area contributed by atoms with Gasteiger partial charge in [0.1, 0.15) is 0 Å². The standard InChI is InChI=1S/C19H25NS/c1-14(2)13-16-9-11-17(12-10-16)15(3)20-18-7-5-6-8-19(18)21-4/h5-12,14-15,20H,13H2,1-4H3. The van der Waals surface area contributed by atoms with Crippen LogP contribution >= 0.6 is 11.8 Å². The second kappa shape index (κ2) is 7.56. The highest BCUT2D eigenvalue weighted by atomic mass is 32.2. The second-order valence-corrected chi connectivity index (χ2v) is 6.75. The lowest BCUT2D eigenvalue weighted by Gasteiger charge is -2.18. The highest BCUT2D eigenvalue weighted by Crippen LogP contribution is 2.28. The van der Waals surface area contributed by atoms with E-state index in [0.29, 0.717) is 12.0 Å². The molecule has 0 saturated heterocycles. The Labute approximate surface area is 133 Å². The van der Waals surface area contributed by atoms with Crippen molar-refractivity contribution < 1.29 is 0 Å². The first-order valence-corrected chi connectivity index (χ1v) is 8.81. The third kappa shape index (κ3) is 4.53. The maximum Gasteiger partial charge on any atom is 0.0486 e. The fourth-order valence-corrected chi connectivity index (χ4v) is 3.06. The van der Waals surface area contributed by atoms with Crippen molar-refractivity contribution in [3.8, 4) is 0 Å². The Balaban J connectivity index is 2.07. The van der Waals surface area contributed by atoms with Gasteiger partial charge in [-0.15, -0.1) is 11.8 Å². The smallest absolute Gasteiger partial charge is 0.0486 e. The number of para-hydroxylation sites is 1. The predicted molar refractivity (Wildman–Crippen MR) is 95.2 cm³/mol. The number of hydrogen-bond donors (Lipinski definition) is 1. The minimum atomic E-state index is 0.311. The molecule has 0 bridgehead atoms. The van der Waals surface area contributed by atoms with Gasteiger partial charge in [-0.3, -0.25) is 0 Å². The molecule has 2 heteroatoms. The molecule has 0 aliphatic rings. The molecule has 0 aliphatic carbocycles. The lowest BCUT2D eigenvalue weighted by atomic mass is 10.00. The molecule has 0 aromatic heterocycles. The summed E-state index contributed by atoms with van der Waals surface area (Å²) in [4.78, 5) is 1.29. The van der Waals surface area contributed by atoms with Crippen LogP contribution in [0.1, 0.15) is 37.9 Å². The molecule has 1 nitrogen and oxygen atoms in total. The zero-order chi connectivity index (χ0) is 15.2. The molecule has 112 valence electrons. The summed E-state index contributed by atoms with van der Waals surface area (Å²) in [5, 5.41) is 3.62. The van der Waals surface area contributed by atoms with Gasteiger partial charge in [-0.05, 0) is 48.8 Å². The van der Waals surface area contributed by atoms with Crippen molar-refractivity contribution in [3.63, 3.8) is 0 Å². The van der Waals surface area contributed by atoms with Crippen LogP contribution in [0.2, 0.25) is 0 Å². The van der Waals surface area contributed by atoms with Crippen LogP contribution in [0.15, 0.2) is 53.4 Å². The average molecular weight is 299 g/mol. The van der Waals surface area contributed by atoms with Crippen molar-refractivity contribution in [2.24, 2.45) is 5.92 Å². The highest BCUT2D eigenvalue weighted by molar-refractivity contribution is 7.98. The van der Waals surface area contributed by atoms with Crippen LogP contribution in [-0.2, 0) is 6.42 Å². The van der Waals surface area contributed by atoms with Gasteiger partial charge in [0.15, 0.2) is 0 Å². The quantitative estimate of drug-likeness (QED) is 0.678. The molecular formula is C19H25NS. The van der Waals surface area contributed by atoms with E-state index in [4.69, 9.17) is 0 Å². The summed E-state index contributed by atoms with van der Waals surface area (Å²) < 4.78 is 0. The van der Waals surface area contributed by atoms with Gasteiger partial charge in [0.05, 0.1) is 0 Å². The zero-order valence-corrected chi connectivity index (χ0v) is 14.2. The molecule has 0 amide bonds. The first kappa shape index (κ1) is 16.0. The molecule has 21 heavy (non-hydrogen) atoms. The van der Waals surface area contributed by atoms with E-state index in [1.165, 1.54) is 21.7 Å². The summed E-state index contributed by atoms with van der Waals surface area (Å²) in [6.07, 6.45) is 3.27. The van der Waals surface area contributed by atoms with Crippen LogP contribution in [0.3, 0.4) is 0 Å². The lowest BCUT2D eigenvalue weighted by molar-refractivity contribution is 0.647. The van der Waals surface area contributed by atoms with E-state index in [2.05, 4.69) is 80.9 Å². The first-order chi connectivity index (χ1) is 10.1. The Kier molecular flexibility index (Phi) is 5.75. The Morgan fingerprint density at radius 3 is 2.24 bits per heavy atom. The van der Waals surface area contributed by atoms with Crippen LogP contribution in [0, 0.1) is 5.92 Å². The van der Waals surface area contributed by atoms with Crippen LogP contribution in [0.25, 0.3) is 0 Å². The molecule has 0 heterocycles. The van der Waals surface area contributed by atoms with Gasteiger partial charge in [-0.2, -0.15) is 0 Å². The minimum absolute atomic E-state index is 0.311. The van der Waals surface area contributed by atoms with Gasteiger partial charge in [0, 0.05) is 16.6 Å². The van der Waals surface area contributed by atoms with Crippen molar-refractivity contribution in [2.45, 2.75) is 38.1 Å². The summed E-state index contributed by atoms with van der Waals surface area (Å²) in [6.45, 7) is 6.74.